The summed E-state index contributed by atoms with van der Waals surface area (Å²) in [5.41, 5.74) is -0.264. The largest absolute Gasteiger partial charge is 0.416 e. The molecule has 0 bridgehead atoms. The molecule has 0 radical (unpaired) electrons. The molecule has 1 aliphatic carbocycles. The van der Waals surface area contributed by atoms with E-state index in [1.807, 2.05) is 6.07 Å². The maximum atomic E-state index is 12.5. The Morgan fingerprint density at radius 2 is 2.05 bits per heavy atom. The van der Waals surface area contributed by atoms with Crippen molar-refractivity contribution in [2.45, 2.75) is 31.9 Å². The predicted octanol–water partition coefficient (Wildman–Crippen LogP) is 4.18. The molecule has 0 heterocycles. The Morgan fingerprint density at radius 1 is 1.32 bits per heavy atom. The van der Waals surface area contributed by atoms with E-state index in [0.29, 0.717) is 12.2 Å². The quantitative estimate of drug-likeness (QED) is 0.813. The van der Waals surface area contributed by atoms with Crippen molar-refractivity contribution in [1.82, 2.24) is 0 Å². The number of anilines is 1. The first kappa shape index (κ1) is 13.7. The molecule has 1 fully saturated rings. The second-order valence-corrected chi connectivity index (χ2v) is 4.88. The van der Waals surface area contributed by atoms with Crippen molar-refractivity contribution in [2.75, 3.05) is 11.9 Å². The summed E-state index contributed by atoms with van der Waals surface area (Å²) in [6.07, 6.45) is 0.315. The number of hydrogen-bond acceptors (Lipinski definition) is 2. The molecule has 1 N–H and O–H groups in total. The highest BCUT2D eigenvalue weighted by atomic mass is 19.4. The van der Waals surface area contributed by atoms with Crippen LogP contribution in [0, 0.1) is 17.2 Å². The van der Waals surface area contributed by atoms with E-state index in [1.54, 1.807) is 0 Å². The van der Waals surface area contributed by atoms with Gasteiger partial charge in [0, 0.05) is 6.54 Å². The van der Waals surface area contributed by atoms with Gasteiger partial charge in [-0.3, -0.25) is 0 Å². The molecule has 2 rings (SSSR count). The first-order chi connectivity index (χ1) is 9.00. The smallest absolute Gasteiger partial charge is 0.384 e. The summed E-state index contributed by atoms with van der Waals surface area (Å²) in [4.78, 5) is 0. The van der Waals surface area contributed by atoms with E-state index in [9.17, 15) is 13.2 Å². The molecule has 0 spiro atoms. The predicted molar refractivity (Wildman–Crippen MR) is 66.6 cm³/mol. The summed E-state index contributed by atoms with van der Waals surface area (Å²) >= 11 is 0. The first-order valence-electron chi connectivity index (χ1n) is 6.36. The van der Waals surface area contributed by atoms with Crippen LogP contribution in [0.5, 0.6) is 0 Å². The third-order valence-corrected chi connectivity index (χ3v) is 3.27. The lowest BCUT2D eigenvalue weighted by Crippen LogP contribution is -2.08. The minimum absolute atomic E-state index is 0.0428. The zero-order valence-corrected chi connectivity index (χ0v) is 10.4. The highest BCUT2D eigenvalue weighted by Crippen LogP contribution is 2.34. The molecule has 1 saturated carbocycles. The lowest BCUT2D eigenvalue weighted by molar-refractivity contribution is -0.137. The minimum Gasteiger partial charge on any atom is -0.384 e. The number of halogens is 3. The molecule has 0 amide bonds. The van der Waals surface area contributed by atoms with Gasteiger partial charge in [0.05, 0.1) is 16.8 Å². The Hall–Kier alpha value is -1.70. The molecule has 0 unspecified atom stereocenters. The van der Waals surface area contributed by atoms with E-state index in [1.165, 1.54) is 18.9 Å². The molecule has 0 aromatic heterocycles. The molecule has 0 atom stereocenters. The average Bonchev–Trinajstić information content (AvgIpc) is 3.17. The van der Waals surface area contributed by atoms with Gasteiger partial charge in [0.25, 0.3) is 0 Å². The minimum atomic E-state index is -4.41. The Balaban J connectivity index is 1.97. The second kappa shape index (κ2) is 5.52. The van der Waals surface area contributed by atoms with Crippen molar-refractivity contribution >= 4 is 5.69 Å². The van der Waals surface area contributed by atoms with Crippen molar-refractivity contribution in [3.05, 3.63) is 29.3 Å². The number of benzene rings is 1. The van der Waals surface area contributed by atoms with Crippen LogP contribution >= 0.6 is 0 Å². The van der Waals surface area contributed by atoms with E-state index in [2.05, 4.69) is 5.32 Å². The van der Waals surface area contributed by atoms with Gasteiger partial charge in [-0.05, 0) is 37.0 Å². The van der Waals surface area contributed by atoms with Gasteiger partial charge in [-0.15, -0.1) is 0 Å². The Morgan fingerprint density at radius 3 is 2.63 bits per heavy atom. The Labute approximate surface area is 110 Å². The van der Waals surface area contributed by atoms with Crippen LogP contribution < -0.4 is 5.32 Å². The van der Waals surface area contributed by atoms with Gasteiger partial charge < -0.3 is 5.32 Å². The van der Waals surface area contributed by atoms with Crippen LogP contribution in [0.2, 0.25) is 0 Å². The molecule has 1 aromatic carbocycles. The van der Waals surface area contributed by atoms with Gasteiger partial charge in [-0.2, -0.15) is 18.4 Å². The Bertz CT molecular complexity index is 484. The molecular formula is C14H15F3N2. The lowest BCUT2D eigenvalue weighted by Gasteiger charge is -2.11. The van der Waals surface area contributed by atoms with E-state index in [0.717, 1.165) is 30.9 Å². The van der Waals surface area contributed by atoms with Gasteiger partial charge in [-0.1, -0.05) is 12.8 Å². The summed E-state index contributed by atoms with van der Waals surface area (Å²) in [7, 11) is 0. The van der Waals surface area contributed by atoms with Crippen LogP contribution in [-0.4, -0.2) is 6.54 Å². The van der Waals surface area contributed by atoms with Gasteiger partial charge in [-0.25, -0.2) is 0 Å². The average molecular weight is 268 g/mol. The van der Waals surface area contributed by atoms with Gasteiger partial charge in [0.1, 0.15) is 6.07 Å². The van der Waals surface area contributed by atoms with E-state index >= 15 is 0 Å². The van der Waals surface area contributed by atoms with Crippen LogP contribution in [-0.2, 0) is 6.18 Å². The van der Waals surface area contributed by atoms with Crippen molar-refractivity contribution < 1.29 is 13.2 Å². The highest BCUT2D eigenvalue weighted by Gasteiger charge is 2.31. The summed E-state index contributed by atoms with van der Waals surface area (Å²) in [6, 6.07) is 5.04. The van der Waals surface area contributed by atoms with Crippen molar-refractivity contribution in [1.29, 1.82) is 5.26 Å². The normalized spacial score (nSPS) is 15.1. The number of alkyl halides is 3. The van der Waals surface area contributed by atoms with Crippen LogP contribution in [0.1, 0.15) is 36.8 Å². The Kier molecular flexibility index (Phi) is 3.98. The molecule has 0 saturated heterocycles. The first-order valence-corrected chi connectivity index (χ1v) is 6.36. The third kappa shape index (κ3) is 3.88. The number of hydrogen-bond donors (Lipinski definition) is 1. The fourth-order valence-electron chi connectivity index (χ4n) is 1.99. The van der Waals surface area contributed by atoms with Crippen LogP contribution in [0.15, 0.2) is 18.2 Å². The summed E-state index contributed by atoms with van der Waals surface area (Å²) in [6.45, 7) is 0.691. The summed E-state index contributed by atoms with van der Waals surface area (Å²) in [5.74, 6) is 0.838. The van der Waals surface area contributed by atoms with Crippen molar-refractivity contribution in [3.63, 3.8) is 0 Å². The summed E-state index contributed by atoms with van der Waals surface area (Å²) in [5, 5.41) is 11.9. The fraction of sp³-hybridized carbons (Fsp3) is 0.500. The molecule has 0 aliphatic heterocycles. The SMILES string of the molecule is N#Cc1cc(C(F)(F)F)ccc1NCCCC1CC1. The highest BCUT2D eigenvalue weighted by molar-refractivity contribution is 5.58. The van der Waals surface area contributed by atoms with Crippen molar-refractivity contribution in [3.8, 4) is 6.07 Å². The van der Waals surface area contributed by atoms with E-state index in [4.69, 9.17) is 5.26 Å². The molecule has 2 nitrogen and oxygen atoms in total. The summed E-state index contributed by atoms with van der Waals surface area (Å²) < 4.78 is 37.5. The zero-order chi connectivity index (χ0) is 13.9. The molecular weight excluding hydrogens is 253 g/mol. The van der Waals surface area contributed by atoms with Gasteiger partial charge in [0.2, 0.25) is 0 Å². The van der Waals surface area contributed by atoms with E-state index < -0.39 is 11.7 Å². The third-order valence-electron chi connectivity index (χ3n) is 3.27. The zero-order valence-electron chi connectivity index (χ0n) is 10.4. The fourth-order valence-corrected chi connectivity index (χ4v) is 1.99. The number of nitrogens with one attached hydrogen (secondary N) is 1. The number of rotatable bonds is 5. The monoisotopic (exact) mass is 268 g/mol. The van der Waals surface area contributed by atoms with Crippen LogP contribution in [0.25, 0.3) is 0 Å². The molecule has 1 aromatic rings. The van der Waals surface area contributed by atoms with E-state index in [-0.39, 0.29) is 5.56 Å². The van der Waals surface area contributed by atoms with Gasteiger partial charge in [0.15, 0.2) is 0 Å². The maximum absolute atomic E-state index is 12.5. The van der Waals surface area contributed by atoms with Crippen LogP contribution in [0.4, 0.5) is 18.9 Å². The lowest BCUT2D eigenvalue weighted by atomic mass is 10.1. The number of nitriles is 1. The molecule has 102 valence electrons. The number of nitrogens with zero attached hydrogens (tertiary/aromatic N) is 1. The molecule has 19 heavy (non-hydrogen) atoms. The second-order valence-electron chi connectivity index (χ2n) is 4.88. The van der Waals surface area contributed by atoms with Crippen LogP contribution in [0.3, 0.4) is 0 Å². The van der Waals surface area contributed by atoms with Crippen molar-refractivity contribution in [2.24, 2.45) is 5.92 Å². The standard InChI is InChI=1S/C14H15F3N2/c15-14(16,17)12-5-6-13(11(8-12)9-18)19-7-1-2-10-3-4-10/h5-6,8,10,19H,1-4,7H2. The van der Waals surface area contributed by atoms with Gasteiger partial charge >= 0.3 is 6.18 Å². The maximum Gasteiger partial charge on any atom is 0.416 e. The molecule has 1 aliphatic rings. The topological polar surface area (TPSA) is 35.8 Å². The molecule has 5 heteroatoms.